The van der Waals surface area contributed by atoms with E-state index in [1.165, 1.54) is 6.20 Å². The Labute approximate surface area is 90.4 Å². The van der Waals surface area contributed by atoms with Gasteiger partial charge in [-0.2, -0.15) is 0 Å². The highest BCUT2D eigenvalue weighted by atomic mass is 19.1. The Morgan fingerprint density at radius 3 is 2.88 bits per heavy atom. The standard InChI is InChI=1S/C10H7FN4O/c11-8-5-13-6-14-9(8)10(16)15-7-2-1-3-12-4-7/h1-6H,(H,15,16). The van der Waals surface area contributed by atoms with E-state index in [0.29, 0.717) is 5.69 Å². The van der Waals surface area contributed by atoms with Crippen LogP contribution in [0.2, 0.25) is 0 Å². The van der Waals surface area contributed by atoms with Gasteiger partial charge in [0.15, 0.2) is 11.5 Å². The van der Waals surface area contributed by atoms with E-state index in [4.69, 9.17) is 0 Å². The Balaban J connectivity index is 2.19. The molecule has 80 valence electrons. The summed E-state index contributed by atoms with van der Waals surface area (Å²) in [6.45, 7) is 0. The number of carbonyl (C=O) groups excluding carboxylic acids is 1. The van der Waals surface area contributed by atoms with Gasteiger partial charge in [0.25, 0.3) is 5.91 Å². The molecule has 0 unspecified atom stereocenters. The van der Waals surface area contributed by atoms with Gasteiger partial charge < -0.3 is 5.32 Å². The highest BCUT2D eigenvalue weighted by Crippen LogP contribution is 2.07. The van der Waals surface area contributed by atoms with Crippen molar-refractivity contribution in [2.45, 2.75) is 0 Å². The lowest BCUT2D eigenvalue weighted by atomic mass is 10.3. The molecule has 0 saturated carbocycles. The molecule has 6 heteroatoms. The first kappa shape index (κ1) is 10.2. The van der Waals surface area contributed by atoms with E-state index < -0.39 is 11.7 Å². The number of nitrogens with one attached hydrogen (secondary N) is 1. The molecule has 0 radical (unpaired) electrons. The summed E-state index contributed by atoms with van der Waals surface area (Å²) in [6, 6.07) is 3.30. The van der Waals surface area contributed by atoms with Crippen LogP contribution in [-0.4, -0.2) is 20.9 Å². The molecule has 0 aliphatic carbocycles. The molecule has 1 N–H and O–H groups in total. The van der Waals surface area contributed by atoms with Crippen LogP contribution in [0, 0.1) is 5.82 Å². The van der Waals surface area contributed by atoms with Crippen LogP contribution in [0.25, 0.3) is 0 Å². The summed E-state index contributed by atoms with van der Waals surface area (Å²) in [5.41, 5.74) is 0.185. The highest BCUT2D eigenvalue weighted by molar-refractivity contribution is 6.02. The first-order chi connectivity index (χ1) is 7.77. The lowest BCUT2D eigenvalue weighted by molar-refractivity contribution is 0.101. The molecule has 16 heavy (non-hydrogen) atoms. The van der Waals surface area contributed by atoms with Crippen molar-refractivity contribution < 1.29 is 9.18 Å². The SMILES string of the molecule is O=C(Nc1cccnc1)c1ncncc1F. The quantitative estimate of drug-likeness (QED) is 0.824. The summed E-state index contributed by atoms with van der Waals surface area (Å²) in [7, 11) is 0. The van der Waals surface area contributed by atoms with Gasteiger partial charge in [0, 0.05) is 6.20 Å². The minimum Gasteiger partial charge on any atom is -0.319 e. The van der Waals surface area contributed by atoms with Crippen LogP contribution >= 0.6 is 0 Å². The van der Waals surface area contributed by atoms with Crippen LogP contribution < -0.4 is 5.32 Å². The van der Waals surface area contributed by atoms with E-state index >= 15 is 0 Å². The Kier molecular flexibility index (Phi) is 2.81. The second-order valence-corrected chi connectivity index (χ2v) is 2.92. The molecule has 0 bridgehead atoms. The van der Waals surface area contributed by atoms with Gasteiger partial charge in [-0.05, 0) is 12.1 Å². The summed E-state index contributed by atoms with van der Waals surface area (Å²) >= 11 is 0. The molecule has 2 heterocycles. The number of anilines is 1. The van der Waals surface area contributed by atoms with Crippen molar-refractivity contribution in [2.75, 3.05) is 5.32 Å². The number of halogens is 1. The van der Waals surface area contributed by atoms with Crippen molar-refractivity contribution in [2.24, 2.45) is 0 Å². The summed E-state index contributed by atoms with van der Waals surface area (Å²) in [6.07, 6.45) is 5.07. The average Bonchev–Trinajstić information content (AvgIpc) is 2.31. The molecular formula is C10H7FN4O. The van der Waals surface area contributed by atoms with Crippen molar-refractivity contribution in [3.63, 3.8) is 0 Å². The molecule has 2 aromatic heterocycles. The topological polar surface area (TPSA) is 67.8 Å². The third-order valence-corrected chi connectivity index (χ3v) is 1.80. The predicted molar refractivity (Wildman–Crippen MR) is 54.2 cm³/mol. The van der Waals surface area contributed by atoms with Crippen molar-refractivity contribution >= 4 is 11.6 Å². The van der Waals surface area contributed by atoms with Crippen molar-refractivity contribution in [1.29, 1.82) is 0 Å². The maximum atomic E-state index is 13.1. The van der Waals surface area contributed by atoms with Crippen LogP contribution in [-0.2, 0) is 0 Å². The molecule has 1 amide bonds. The van der Waals surface area contributed by atoms with Gasteiger partial charge in [-0.3, -0.25) is 9.78 Å². The molecule has 0 spiro atoms. The third-order valence-electron chi connectivity index (χ3n) is 1.80. The number of carbonyl (C=O) groups is 1. The minimum absolute atomic E-state index is 0.293. The first-order valence-corrected chi connectivity index (χ1v) is 4.44. The number of hydrogen-bond acceptors (Lipinski definition) is 4. The van der Waals surface area contributed by atoms with E-state index in [2.05, 4.69) is 20.3 Å². The number of aromatic nitrogens is 3. The molecule has 0 aromatic carbocycles. The van der Waals surface area contributed by atoms with Crippen LogP contribution in [0.3, 0.4) is 0 Å². The molecule has 2 rings (SSSR count). The normalized spacial score (nSPS) is 9.81. The largest absolute Gasteiger partial charge is 0.319 e. The number of amides is 1. The fraction of sp³-hybridized carbons (Fsp3) is 0. The summed E-state index contributed by atoms with van der Waals surface area (Å²) in [5.74, 6) is -1.39. The molecule has 0 fully saturated rings. The summed E-state index contributed by atoms with van der Waals surface area (Å²) in [5, 5.41) is 2.47. The van der Waals surface area contributed by atoms with E-state index in [1.54, 1.807) is 18.3 Å². The van der Waals surface area contributed by atoms with Gasteiger partial charge in [-0.1, -0.05) is 0 Å². The zero-order chi connectivity index (χ0) is 11.4. The van der Waals surface area contributed by atoms with Crippen molar-refractivity contribution in [1.82, 2.24) is 15.0 Å². The van der Waals surface area contributed by atoms with E-state index in [0.717, 1.165) is 12.5 Å². The summed E-state index contributed by atoms with van der Waals surface area (Å²) < 4.78 is 13.1. The molecule has 0 aliphatic rings. The maximum absolute atomic E-state index is 13.1. The van der Waals surface area contributed by atoms with Gasteiger partial charge in [-0.25, -0.2) is 14.4 Å². The Hall–Kier alpha value is -2.37. The van der Waals surface area contributed by atoms with Crippen LogP contribution in [0.5, 0.6) is 0 Å². The van der Waals surface area contributed by atoms with E-state index in [9.17, 15) is 9.18 Å². The van der Waals surface area contributed by atoms with Crippen LogP contribution in [0.1, 0.15) is 10.5 Å². The van der Waals surface area contributed by atoms with Crippen molar-refractivity contribution in [3.8, 4) is 0 Å². The Morgan fingerprint density at radius 2 is 2.19 bits per heavy atom. The number of nitrogens with zero attached hydrogens (tertiary/aromatic N) is 3. The smallest absolute Gasteiger partial charge is 0.277 e. The predicted octanol–water partition coefficient (Wildman–Crippen LogP) is 1.26. The number of rotatable bonds is 2. The highest BCUT2D eigenvalue weighted by Gasteiger charge is 2.12. The lowest BCUT2D eigenvalue weighted by Gasteiger charge is -2.03. The lowest BCUT2D eigenvalue weighted by Crippen LogP contribution is -2.15. The molecular weight excluding hydrogens is 211 g/mol. The molecule has 2 aromatic rings. The minimum atomic E-state index is -0.760. The number of hydrogen-bond donors (Lipinski definition) is 1. The summed E-state index contributed by atoms with van der Waals surface area (Å²) in [4.78, 5) is 22.4. The third kappa shape index (κ3) is 2.17. The fourth-order valence-corrected chi connectivity index (χ4v) is 1.11. The van der Waals surface area contributed by atoms with E-state index in [1.807, 2.05) is 0 Å². The second kappa shape index (κ2) is 4.43. The Bertz CT molecular complexity index is 503. The van der Waals surface area contributed by atoms with Gasteiger partial charge in [0.1, 0.15) is 6.33 Å². The average molecular weight is 218 g/mol. The van der Waals surface area contributed by atoms with Crippen molar-refractivity contribution in [3.05, 3.63) is 48.6 Å². The van der Waals surface area contributed by atoms with Crippen LogP contribution in [0.15, 0.2) is 37.1 Å². The van der Waals surface area contributed by atoms with E-state index in [-0.39, 0.29) is 5.69 Å². The van der Waals surface area contributed by atoms with Gasteiger partial charge in [-0.15, -0.1) is 0 Å². The first-order valence-electron chi connectivity index (χ1n) is 4.44. The fourth-order valence-electron chi connectivity index (χ4n) is 1.11. The Morgan fingerprint density at radius 1 is 1.31 bits per heavy atom. The zero-order valence-electron chi connectivity index (χ0n) is 8.09. The second-order valence-electron chi connectivity index (χ2n) is 2.92. The molecule has 0 aliphatic heterocycles. The number of pyridine rings is 1. The van der Waals surface area contributed by atoms with Gasteiger partial charge in [0.05, 0.1) is 18.1 Å². The van der Waals surface area contributed by atoms with Gasteiger partial charge >= 0.3 is 0 Å². The molecule has 5 nitrogen and oxygen atoms in total. The monoisotopic (exact) mass is 218 g/mol. The van der Waals surface area contributed by atoms with Crippen LogP contribution in [0.4, 0.5) is 10.1 Å². The molecule has 0 atom stereocenters. The molecule has 0 saturated heterocycles. The van der Waals surface area contributed by atoms with Gasteiger partial charge in [0.2, 0.25) is 0 Å². The maximum Gasteiger partial charge on any atom is 0.277 e. The zero-order valence-corrected chi connectivity index (χ0v) is 8.09.